The van der Waals surface area contributed by atoms with Crippen LogP contribution in [0.1, 0.15) is 5.56 Å². The van der Waals surface area contributed by atoms with E-state index >= 15 is 0 Å². The Hall–Kier alpha value is -6.75. The van der Waals surface area contributed by atoms with E-state index in [1.807, 2.05) is 89.4 Å². The van der Waals surface area contributed by atoms with Crippen LogP contribution in [0.2, 0.25) is 0 Å². The van der Waals surface area contributed by atoms with Crippen LogP contribution in [-0.2, 0) is 0 Å². The SMILES string of the molecule is [C-]#[N+]c1ccc(-c2ccc3sc4c(ccc5c6cc(-c7cccc(C#N)c7-n7c8ccccc8c8cc([N+]#[C-])ccc87)ccc6sc54)c3c2)cc1. The van der Waals surface area contributed by atoms with Gasteiger partial charge in [-0.1, -0.05) is 84.9 Å². The van der Waals surface area contributed by atoms with Gasteiger partial charge >= 0.3 is 0 Å². The van der Waals surface area contributed by atoms with E-state index in [2.05, 4.69) is 87.1 Å². The van der Waals surface area contributed by atoms with Gasteiger partial charge in [0.2, 0.25) is 0 Å². The Kier molecular flexibility index (Phi) is 6.38. The number of fused-ring (bicyclic) bond motifs is 10. The third kappa shape index (κ3) is 4.34. The van der Waals surface area contributed by atoms with Gasteiger partial charge < -0.3 is 4.57 Å². The van der Waals surface area contributed by atoms with Crippen molar-refractivity contribution in [2.75, 3.05) is 0 Å². The summed E-state index contributed by atoms with van der Waals surface area (Å²) in [7, 11) is 0. The topological polar surface area (TPSA) is 37.4 Å². The first-order valence-electron chi connectivity index (χ1n) is 16.4. The highest BCUT2D eigenvalue weighted by atomic mass is 32.1. The van der Waals surface area contributed by atoms with Crippen molar-refractivity contribution < 1.29 is 0 Å². The van der Waals surface area contributed by atoms with Gasteiger partial charge in [0.25, 0.3) is 0 Å². The second-order valence-corrected chi connectivity index (χ2v) is 14.7. The summed E-state index contributed by atoms with van der Waals surface area (Å²) in [5.41, 5.74) is 8.90. The summed E-state index contributed by atoms with van der Waals surface area (Å²) in [6, 6.07) is 48.1. The van der Waals surface area contributed by atoms with Gasteiger partial charge in [-0.25, -0.2) is 9.69 Å². The molecular formula is C45H22N4S2. The maximum atomic E-state index is 10.4. The fourth-order valence-electron chi connectivity index (χ4n) is 7.52. The molecule has 0 spiro atoms. The van der Waals surface area contributed by atoms with Gasteiger partial charge in [0.1, 0.15) is 6.07 Å². The third-order valence-electron chi connectivity index (χ3n) is 9.88. The van der Waals surface area contributed by atoms with Crippen LogP contribution in [0.15, 0.2) is 133 Å². The Morgan fingerprint density at radius 1 is 0.510 bits per heavy atom. The number of thiophene rings is 2. The summed E-state index contributed by atoms with van der Waals surface area (Å²) in [6.07, 6.45) is 0. The first-order valence-corrected chi connectivity index (χ1v) is 18.0. The fourth-order valence-corrected chi connectivity index (χ4v) is 10.0. The molecule has 3 aromatic heterocycles. The first-order chi connectivity index (χ1) is 25.1. The molecule has 0 N–H and O–H groups in total. The fraction of sp³-hybridized carbons (Fsp3) is 0. The zero-order chi connectivity index (χ0) is 34.2. The maximum absolute atomic E-state index is 10.4. The molecule has 0 fully saturated rings. The Labute approximate surface area is 300 Å². The van der Waals surface area contributed by atoms with E-state index in [0.717, 1.165) is 49.7 Å². The molecule has 4 nitrogen and oxygen atoms in total. The van der Waals surface area contributed by atoms with Gasteiger partial charge in [0, 0.05) is 41.9 Å². The van der Waals surface area contributed by atoms with Crippen molar-refractivity contribution >= 4 is 96.2 Å². The van der Waals surface area contributed by atoms with E-state index in [1.165, 1.54) is 40.3 Å². The van der Waals surface area contributed by atoms with Crippen LogP contribution in [0.5, 0.6) is 0 Å². The molecule has 3 heterocycles. The van der Waals surface area contributed by atoms with E-state index in [9.17, 15) is 5.26 Å². The maximum Gasteiger partial charge on any atom is 0.188 e. The van der Waals surface area contributed by atoms with E-state index in [-0.39, 0.29) is 0 Å². The standard InChI is InChI=1S/C45H22N4S2/c1-47-30-14-10-26(11-15-30)27-12-20-41-37(22-27)34-17-18-35-38-23-28(13-21-42(38)51-45(35)44(34)50-41)32-8-5-6-29(25-46)43(32)49-39-9-4-3-7-33(39)36-24-31(48-2)16-19-40(36)49/h3-24H. The zero-order valence-corrected chi connectivity index (χ0v) is 28.4. The molecule has 0 bridgehead atoms. The molecule has 0 atom stereocenters. The van der Waals surface area contributed by atoms with Gasteiger partial charge in [0.05, 0.1) is 44.8 Å². The molecule has 0 aliphatic rings. The van der Waals surface area contributed by atoms with Crippen molar-refractivity contribution in [3.63, 3.8) is 0 Å². The summed E-state index contributed by atoms with van der Waals surface area (Å²) in [5, 5.41) is 17.4. The van der Waals surface area contributed by atoms with Gasteiger partial charge in [-0.2, -0.15) is 5.26 Å². The highest BCUT2D eigenvalue weighted by Gasteiger charge is 2.20. The summed E-state index contributed by atoms with van der Waals surface area (Å²) < 4.78 is 7.25. The number of hydrogen-bond acceptors (Lipinski definition) is 3. The minimum absolute atomic E-state index is 0.591. The molecule has 0 saturated heterocycles. The molecule has 51 heavy (non-hydrogen) atoms. The number of benzene rings is 7. The van der Waals surface area contributed by atoms with Crippen LogP contribution in [-0.4, -0.2) is 4.57 Å². The first kappa shape index (κ1) is 29.2. The van der Waals surface area contributed by atoms with E-state index < -0.39 is 0 Å². The predicted molar refractivity (Wildman–Crippen MR) is 215 cm³/mol. The van der Waals surface area contributed by atoms with E-state index in [0.29, 0.717) is 16.9 Å². The van der Waals surface area contributed by atoms with E-state index in [4.69, 9.17) is 13.1 Å². The molecule has 0 saturated carbocycles. The van der Waals surface area contributed by atoms with Crippen molar-refractivity contribution in [2.24, 2.45) is 0 Å². The third-order valence-corrected chi connectivity index (χ3v) is 12.4. The molecule has 10 aromatic rings. The lowest BCUT2D eigenvalue weighted by atomic mass is 9.98. The van der Waals surface area contributed by atoms with Gasteiger partial charge in [0.15, 0.2) is 11.4 Å². The molecule has 10 rings (SSSR count). The quantitative estimate of drug-likeness (QED) is 0.171. The average molecular weight is 683 g/mol. The Bertz CT molecular complexity index is 3230. The van der Waals surface area contributed by atoms with Crippen LogP contribution in [0.25, 0.3) is 99.8 Å². The molecule has 6 heteroatoms. The summed E-state index contributed by atoms with van der Waals surface area (Å²) >= 11 is 3.67. The number of hydrogen-bond donors (Lipinski definition) is 0. The molecule has 0 aliphatic carbocycles. The minimum Gasteiger partial charge on any atom is -0.307 e. The highest BCUT2D eigenvalue weighted by molar-refractivity contribution is 7.33. The molecule has 0 unspecified atom stereocenters. The largest absolute Gasteiger partial charge is 0.307 e. The summed E-state index contributed by atoms with van der Waals surface area (Å²) in [6.45, 7) is 14.9. The summed E-state index contributed by atoms with van der Waals surface area (Å²) in [5.74, 6) is 0. The number of nitrogens with zero attached hydrogens (tertiary/aromatic N) is 4. The van der Waals surface area contributed by atoms with Crippen molar-refractivity contribution in [3.05, 3.63) is 162 Å². The van der Waals surface area contributed by atoms with Gasteiger partial charge in [-0.3, -0.25) is 0 Å². The lowest BCUT2D eigenvalue weighted by Gasteiger charge is -2.16. The van der Waals surface area contributed by atoms with Gasteiger partial charge in [-0.15, -0.1) is 22.7 Å². The van der Waals surface area contributed by atoms with Crippen LogP contribution in [0.3, 0.4) is 0 Å². The normalized spacial score (nSPS) is 11.5. The van der Waals surface area contributed by atoms with Crippen molar-refractivity contribution in [3.8, 4) is 34.0 Å². The summed E-state index contributed by atoms with van der Waals surface area (Å²) in [4.78, 5) is 7.23. The number of para-hydroxylation sites is 2. The van der Waals surface area contributed by atoms with Crippen LogP contribution >= 0.6 is 22.7 Å². The smallest absolute Gasteiger partial charge is 0.188 e. The second kappa shape index (κ2) is 11.1. The number of nitriles is 1. The minimum atomic E-state index is 0.591. The van der Waals surface area contributed by atoms with Crippen molar-refractivity contribution in [1.82, 2.24) is 4.57 Å². The zero-order valence-electron chi connectivity index (χ0n) is 26.8. The van der Waals surface area contributed by atoms with Crippen LogP contribution in [0, 0.1) is 24.5 Å². The van der Waals surface area contributed by atoms with E-state index in [1.54, 1.807) is 0 Å². The van der Waals surface area contributed by atoms with Crippen molar-refractivity contribution in [2.45, 2.75) is 0 Å². The highest BCUT2D eigenvalue weighted by Crippen LogP contribution is 2.47. The molecular weight excluding hydrogens is 661 g/mol. The Morgan fingerprint density at radius 3 is 1.84 bits per heavy atom. The molecule has 0 aliphatic heterocycles. The second-order valence-electron chi connectivity index (χ2n) is 12.6. The predicted octanol–water partition coefficient (Wildman–Crippen LogP) is 13.8. The lowest BCUT2D eigenvalue weighted by molar-refractivity contribution is 1.17. The van der Waals surface area contributed by atoms with Crippen LogP contribution in [0.4, 0.5) is 11.4 Å². The molecule has 7 aromatic carbocycles. The van der Waals surface area contributed by atoms with Crippen LogP contribution < -0.4 is 0 Å². The Morgan fingerprint density at radius 2 is 1.14 bits per heavy atom. The number of rotatable bonds is 3. The molecule has 0 amide bonds. The van der Waals surface area contributed by atoms with Gasteiger partial charge in [-0.05, 0) is 70.6 Å². The van der Waals surface area contributed by atoms with Crippen molar-refractivity contribution in [1.29, 1.82) is 5.26 Å². The molecule has 234 valence electrons. The average Bonchev–Trinajstić information content (AvgIpc) is 3.86. The Balaban J connectivity index is 1.17. The lowest BCUT2D eigenvalue weighted by Crippen LogP contribution is -2.00. The number of aromatic nitrogens is 1. The monoisotopic (exact) mass is 682 g/mol. The molecule has 0 radical (unpaired) electrons.